The highest BCUT2D eigenvalue weighted by molar-refractivity contribution is 6.02. The number of pyridine rings is 2. The molecule has 2 aromatic carbocycles. The van der Waals surface area contributed by atoms with Gasteiger partial charge in [-0.15, -0.1) is 0 Å². The Bertz CT molecular complexity index is 1250. The van der Waals surface area contributed by atoms with E-state index in [1.807, 2.05) is 67.0 Å². The summed E-state index contributed by atoms with van der Waals surface area (Å²) in [6, 6.07) is 21.0. The van der Waals surface area contributed by atoms with Crippen LogP contribution in [0.15, 0.2) is 79.1 Å². The van der Waals surface area contributed by atoms with Gasteiger partial charge in [-0.1, -0.05) is 30.3 Å². The van der Waals surface area contributed by atoms with Crippen LogP contribution in [0.3, 0.4) is 0 Å². The lowest BCUT2D eigenvalue weighted by atomic mass is 9.89. The van der Waals surface area contributed by atoms with Crippen molar-refractivity contribution >= 4 is 16.9 Å². The number of hydrogen-bond donors (Lipinski definition) is 3. The van der Waals surface area contributed by atoms with Crippen LogP contribution in [-0.4, -0.2) is 27.6 Å². The second-order valence-corrected chi connectivity index (χ2v) is 7.73. The van der Waals surface area contributed by atoms with Crippen LogP contribution in [0.4, 0.5) is 0 Å². The first-order chi connectivity index (χ1) is 15.7. The molecule has 3 heterocycles. The first-order valence-corrected chi connectivity index (χ1v) is 10.4. The van der Waals surface area contributed by atoms with Gasteiger partial charge in [0.15, 0.2) is 0 Å². The first-order valence-electron chi connectivity index (χ1n) is 10.4. The van der Waals surface area contributed by atoms with Crippen molar-refractivity contribution in [3.8, 4) is 5.75 Å². The van der Waals surface area contributed by atoms with Crippen LogP contribution < -0.4 is 15.6 Å². The normalized spacial score (nSPS) is 18.0. The van der Waals surface area contributed by atoms with Crippen molar-refractivity contribution in [2.75, 3.05) is 6.54 Å². The lowest BCUT2D eigenvalue weighted by molar-refractivity contribution is 0.0698. The minimum absolute atomic E-state index is 0.145. The Morgan fingerprint density at radius 2 is 1.81 bits per heavy atom. The van der Waals surface area contributed by atoms with Gasteiger partial charge < -0.3 is 9.84 Å². The molecule has 0 saturated carbocycles. The number of hydrogen-bond acceptors (Lipinski definition) is 6. The van der Waals surface area contributed by atoms with Gasteiger partial charge in [0, 0.05) is 30.2 Å². The van der Waals surface area contributed by atoms with Gasteiger partial charge in [-0.05, 0) is 47.5 Å². The number of benzene rings is 2. The maximum atomic E-state index is 11.7. The van der Waals surface area contributed by atoms with Crippen molar-refractivity contribution in [1.29, 1.82) is 0 Å². The van der Waals surface area contributed by atoms with Crippen molar-refractivity contribution in [2.24, 2.45) is 0 Å². The third-order valence-corrected chi connectivity index (χ3v) is 5.74. The van der Waals surface area contributed by atoms with Crippen molar-refractivity contribution in [2.45, 2.75) is 18.6 Å². The van der Waals surface area contributed by atoms with Gasteiger partial charge in [0.2, 0.25) is 0 Å². The number of aromatic carboxylic acids is 1. The van der Waals surface area contributed by atoms with E-state index in [1.165, 1.54) is 5.56 Å². The van der Waals surface area contributed by atoms with Crippen molar-refractivity contribution < 1.29 is 14.6 Å². The Morgan fingerprint density at radius 3 is 2.59 bits per heavy atom. The Labute approximate surface area is 185 Å². The predicted molar refractivity (Wildman–Crippen MR) is 120 cm³/mol. The van der Waals surface area contributed by atoms with Gasteiger partial charge >= 0.3 is 5.97 Å². The molecular weight excluding hydrogens is 404 g/mol. The minimum Gasteiger partial charge on any atom is -0.487 e. The molecule has 0 radical (unpaired) electrons. The fraction of sp³-hybridized carbons (Fsp3) is 0.160. The molecule has 2 unspecified atom stereocenters. The van der Waals surface area contributed by atoms with Gasteiger partial charge in [-0.25, -0.2) is 15.2 Å². The summed E-state index contributed by atoms with van der Waals surface area (Å²) in [4.78, 5) is 20.3. The van der Waals surface area contributed by atoms with Crippen LogP contribution in [-0.2, 0) is 6.61 Å². The topological polar surface area (TPSA) is 96.4 Å². The number of aromatic nitrogens is 2. The van der Waals surface area contributed by atoms with Crippen LogP contribution in [0.5, 0.6) is 5.75 Å². The minimum atomic E-state index is -0.976. The maximum absolute atomic E-state index is 11.7. The van der Waals surface area contributed by atoms with Gasteiger partial charge in [0.1, 0.15) is 12.4 Å². The molecule has 5 rings (SSSR count). The summed E-state index contributed by atoms with van der Waals surface area (Å²) < 4.78 is 5.91. The standard InChI is InChI=1S/C25H22N4O3/c30-25(31)21-13-18(28-23-4-2-1-3-20(21)23)15-32-19-7-5-17(6-8-19)24-22(14-27-29-24)16-9-11-26-12-10-16/h1-13,22,24,27,29H,14-15H2,(H,30,31). The molecule has 4 aromatic rings. The van der Waals surface area contributed by atoms with Gasteiger partial charge in [0.25, 0.3) is 0 Å². The number of carboxylic acids is 1. The van der Waals surface area contributed by atoms with E-state index in [9.17, 15) is 9.90 Å². The highest BCUT2D eigenvalue weighted by Crippen LogP contribution is 2.33. The molecule has 7 heteroatoms. The van der Waals surface area contributed by atoms with Crippen molar-refractivity contribution in [3.63, 3.8) is 0 Å². The maximum Gasteiger partial charge on any atom is 0.336 e. The van der Waals surface area contributed by atoms with E-state index in [0.29, 0.717) is 28.3 Å². The number of nitrogens with one attached hydrogen (secondary N) is 2. The quantitative estimate of drug-likeness (QED) is 0.431. The summed E-state index contributed by atoms with van der Waals surface area (Å²) >= 11 is 0. The van der Waals surface area contributed by atoms with Crippen LogP contribution in [0, 0.1) is 0 Å². The number of hydrazine groups is 1. The Morgan fingerprint density at radius 1 is 1.03 bits per heavy atom. The smallest absolute Gasteiger partial charge is 0.336 e. The summed E-state index contributed by atoms with van der Waals surface area (Å²) in [6.07, 6.45) is 3.64. The molecule has 32 heavy (non-hydrogen) atoms. The van der Waals surface area contributed by atoms with Gasteiger partial charge in [0.05, 0.1) is 22.8 Å². The van der Waals surface area contributed by atoms with E-state index in [4.69, 9.17) is 4.74 Å². The largest absolute Gasteiger partial charge is 0.487 e. The second-order valence-electron chi connectivity index (χ2n) is 7.73. The average Bonchev–Trinajstić information content (AvgIpc) is 3.33. The van der Waals surface area contributed by atoms with Crippen LogP contribution in [0.1, 0.15) is 39.1 Å². The molecule has 2 atom stereocenters. The van der Waals surface area contributed by atoms with Gasteiger partial charge in [-0.2, -0.15) is 0 Å². The molecular formula is C25H22N4O3. The molecule has 0 bridgehead atoms. The molecule has 7 nitrogen and oxygen atoms in total. The summed E-state index contributed by atoms with van der Waals surface area (Å²) in [6.45, 7) is 1.03. The van der Waals surface area contributed by atoms with Crippen LogP contribution in [0.25, 0.3) is 10.9 Å². The van der Waals surface area contributed by atoms with Crippen LogP contribution in [0.2, 0.25) is 0 Å². The van der Waals surface area contributed by atoms with Gasteiger partial charge in [-0.3, -0.25) is 10.4 Å². The number of carboxylic acid groups (broad SMARTS) is 1. The summed E-state index contributed by atoms with van der Waals surface area (Å²) in [5.74, 6) is 0.0311. The lowest BCUT2D eigenvalue weighted by Crippen LogP contribution is -2.24. The number of nitrogens with zero attached hydrogens (tertiary/aromatic N) is 2. The molecule has 1 saturated heterocycles. The Kier molecular flexibility index (Phi) is 5.49. The van der Waals surface area contributed by atoms with Crippen molar-refractivity contribution in [3.05, 3.63) is 102 Å². The molecule has 3 N–H and O–H groups in total. The third kappa shape index (κ3) is 4.03. The van der Waals surface area contributed by atoms with E-state index in [1.54, 1.807) is 12.1 Å². The highest BCUT2D eigenvalue weighted by Gasteiger charge is 2.29. The Balaban J connectivity index is 1.31. The summed E-state index contributed by atoms with van der Waals surface area (Å²) in [5.41, 5.74) is 10.4. The number of rotatable bonds is 6. The number of carbonyl (C=O) groups is 1. The van der Waals surface area contributed by atoms with Crippen molar-refractivity contribution in [1.82, 2.24) is 20.8 Å². The molecule has 1 aliphatic heterocycles. The zero-order chi connectivity index (χ0) is 21.9. The summed E-state index contributed by atoms with van der Waals surface area (Å²) in [7, 11) is 0. The van der Waals surface area contributed by atoms with E-state index in [-0.39, 0.29) is 18.2 Å². The molecule has 1 fully saturated rings. The molecule has 1 aliphatic rings. The highest BCUT2D eigenvalue weighted by atomic mass is 16.5. The number of ether oxygens (including phenoxy) is 1. The monoisotopic (exact) mass is 426 g/mol. The van der Waals surface area contributed by atoms with E-state index in [0.717, 1.165) is 12.1 Å². The fourth-order valence-corrected chi connectivity index (χ4v) is 4.14. The molecule has 0 amide bonds. The second kappa shape index (κ2) is 8.74. The fourth-order valence-electron chi connectivity index (χ4n) is 4.14. The predicted octanol–water partition coefficient (Wildman–Crippen LogP) is 3.84. The van der Waals surface area contributed by atoms with Crippen LogP contribution >= 0.6 is 0 Å². The zero-order valence-corrected chi connectivity index (χ0v) is 17.2. The zero-order valence-electron chi connectivity index (χ0n) is 17.2. The third-order valence-electron chi connectivity index (χ3n) is 5.74. The molecule has 0 spiro atoms. The first kappa shape index (κ1) is 20.1. The van der Waals surface area contributed by atoms with E-state index < -0.39 is 5.97 Å². The van der Waals surface area contributed by atoms with E-state index in [2.05, 4.69) is 20.8 Å². The number of para-hydroxylation sites is 1. The Hall–Kier alpha value is -3.81. The lowest BCUT2D eigenvalue weighted by Gasteiger charge is -2.19. The average molecular weight is 426 g/mol. The SMILES string of the molecule is O=C(O)c1cc(COc2ccc(C3NNCC3c3ccncc3)cc2)nc2ccccc12. The molecule has 2 aromatic heterocycles. The molecule has 160 valence electrons. The van der Waals surface area contributed by atoms with E-state index >= 15 is 0 Å². The number of fused-ring (bicyclic) bond motifs is 1. The molecule has 0 aliphatic carbocycles. The summed E-state index contributed by atoms with van der Waals surface area (Å²) in [5, 5.41) is 10.2.